The van der Waals surface area contributed by atoms with Crippen LogP contribution in [0.3, 0.4) is 0 Å². The fourth-order valence-corrected chi connectivity index (χ4v) is 4.36. The Morgan fingerprint density at radius 1 is 1.17 bits per heavy atom. The number of hydrogen-bond donors (Lipinski definition) is 1. The quantitative estimate of drug-likeness (QED) is 0.576. The van der Waals surface area contributed by atoms with Crippen molar-refractivity contribution in [2.24, 2.45) is 5.92 Å². The van der Waals surface area contributed by atoms with Crippen LogP contribution in [-0.2, 0) is 16.0 Å². The first-order valence-electron chi connectivity index (χ1n) is 10.3. The first-order chi connectivity index (χ1) is 14.6. The molecule has 1 aromatic heterocycles. The number of carbonyl (C=O) groups is 2. The summed E-state index contributed by atoms with van der Waals surface area (Å²) in [6, 6.07) is 18.0. The third-order valence-corrected chi connectivity index (χ3v) is 6.12. The van der Waals surface area contributed by atoms with E-state index in [-0.39, 0.29) is 24.2 Å². The minimum absolute atomic E-state index is 0.0134. The summed E-state index contributed by atoms with van der Waals surface area (Å²) in [6.45, 7) is 2.58. The Labute approximate surface area is 180 Å². The third kappa shape index (κ3) is 4.60. The van der Waals surface area contributed by atoms with E-state index in [0.717, 1.165) is 36.2 Å². The maximum Gasteiger partial charge on any atom is 0.231 e. The average Bonchev–Trinajstić information content (AvgIpc) is 3.40. The fourth-order valence-electron chi connectivity index (χ4n) is 3.64. The van der Waals surface area contributed by atoms with Crippen molar-refractivity contribution < 1.29 is 9.59 Å². The molecule has 0 bridgehead atoms. The van der Waals surface area contributed by atoms with Crippen molar-refractivity contribution in [2.75, 3.05) is 16.8 Å². The second kappa shape index (κ2) is 9.22. The highest BCUT2D eigenvalue weighted by atomic mass is 32.1. The molecule has 2 amide bonds. The van der Waals surface area contributed by atoms with E-state index < -0.39 is 0 Å². The van der Waals surface area contributed by atoms with Gasteiger partial charge in [0, 0.05) is 29.6 Å². The summed E-state index contributed by atoms with van der Waals surface area (Å²) < 4.78 is 0. The summed E-state index contributed by atoms with van der Waals surface area (Å²) in [5.41, 5.74) is 3.98. The van der Waals surface area contributed by atoms with E-state index in [9.17, 15) is 9.59 Å². The molecule has 0 aliphatic carbocycles. The molecule has 6 heteroatoms. The van der Waals surface area contributed by atoms with Gasteiger partial charge in [-0.2, -0.15) is 0 Å². The van der Waals surface area contributed by atoms with E-state index in [1.807, 2.05) is 47.8 Å². The summed E-state index contributed by atoms with van der Waals surface area (Å²) in [6.07, 6.45) is 3.59. The third-order valence-electron chi connectivity index (χ3n) is 5.37. The summed E-state index contributed by atoms with van der Waals surface area (Å²) in [5.74, 6) is -0.540. The first kappa shape index (κ1) is 20.3. The molecule has 1 fully saturated rings. The van der Waals surface area contributed by atoms with E-state index in [2.05, 4.69) is 29.4 Å². The summed E-state index contributed by atoms with van der Waals surface area (Å²) in [5, 5.41) is 5.38. The van der Waals surface area contributed by atoms with Crippen molar-refractivity contribution in [2.45, 2.75) is 32.6 Å². The second-order valence-corrected chi connectivity index (χ2v) is 8.43. The molecular weight excluding hydrogens is 394 g/mol. The molecule has 4 rings (SSSR count). The smallest absolute Gasteiger partial charge is 0.231 e. The number of aromatic nitrogens is 1. The SMILES string of the molecule is CCCCc1ccc(N2CC(C(=O)Nc3nc(-c4ccccc4)cs3)CC2=O)cc1. The zero-order valence-electron chi connectivity index (χ0n) is 17.0. The molecule has 1 aliphatic rings. The van der Waals surface area contributed by atoms with Crippen LogP contribution in [0.4, 0.5) is 10.8 Å². The van der Waals surface area contributed by atoms with Crippen molar-refractivity contribution in [1.29, 1.82) is 0 Å². The van der Waals surface area contributed by atoms with Gasteiger partial charge in [0.1, 0.15) is 0 Å². The van der Waals surface area contributed by atoms with E-state index >= 15 is 0 Å². The zero-order chi connectivity index (χ0) is 20.9. The van der Waals surface area contributed by atoms with Crippen LogP contribution in [0.2, 0.25) is 0 Å². The number of thiazole rings is 1. The van der Waals surface area contributed by atoms with Crippen molar-refractivity contribution in [3.63, 3.8) is 0 Å². The molecule has 1 N–H and O–H groups in total. The van der Waals surface area contributed by atoms with Crippen LogP contribution in [0.25, 0.3) is 11.3 Å². The predicted octanol–water partition coefficient (Wildman–Crippen LogP) is 5.14. The van der Waals surface area contributed by atoms with Crippen molar-refractivity contribution in [3.8, 4) is 11.3 Å². The lowest BCUT2D eigenvalue weighted by atomic mass is 10.1. The molecular formula is C24H25N3O2S. The van der Waals surface area contributed by atoms with Gasteiger partial charge in [-0.1, -0.05) is 55.8 Å². The van der Waals surface area contributed by atoms with E-state index in [0.29, 0.717) is 11.7 Å². The molecule has 1 unspecified atom stereocenters. The summed E-state index contributed by atoms with van der Waals surface area (Å²) in [7, 11) is 0. The van der Waals surface area contributed by atoms with Crippen LogP contribution in [0.5, 0.6) is 0 Å². The number of carbonyl (C=O) groups excluding carboxylic acids is 2. The monoisotopic (exact) mass is 419 g/mol. The van der Waals surface area contributed by atoms with Crippen LogP contribution >= 0.6 is 11.3 Å². The molecule has 2 heterocycles. The molecule has 0 spiro atoms. The number of nitrogens with zero attached hydrogens (tertiary/aromatic N) is 2. The number of nitrogens with one attached hydrogen (secondary N) is 1. The minimum atomic E-state index is -0.374. The molecule has 154 valence electrons. The van der Waals surface area contributed by atoms with Crippen LogP contribution in [0, 0.1) is 5.92 Å². The lowest BCUT2D eigenvalue weighted by Gasteiger charge is -2.17. The molecule has 2 aromatic carbocycles. The highest BCUT2D eigenvalue weighted by molar-refractivity contribution is 7.14. The Morgan fingerprint density at radius 3 is 2.67 bits per heavy atom. The first-order valence-corrected chi connectivity index (χ1v) is 11.2. The van der Waals surface area contributed by atoms with Crippen molar-refractivity contribution in [1.82, 2.24) is 4.98 Å². The summed E-state index contributed by atoms with van der Waals surface area (Å²) >= 11 is 1.40. The van der Waals surface area contributed by atoms with E-state index in [4.69, 9.17) is 0 Å². The highest BCUT2D eigenvalue weighted by Crippen LogP contribution is 2.28. The number of aryl methyl sites for hydroxylation is 1. The van der Waals surface area contributed by atoms with E-state index in [1.165, 1.54) is 16.9 Å². The molecule has 1 atom stereocenters. The van der Waals surface area contributed by atoms with Crippen LogP contribution in [-0.4, -0.2) is 23.3 Å². The highest BCUT2D eigenvalue weighted by Gasteiger charge is 2.35. The van der Waals surface area contributed by atoms with Crippen LogP contribution in [0.1, 0.15) is 31.7 Å². The average molecular weight is 420 g/mol. The van der Waals surface area contributed by atoms with Gasteiger partial charge in [-0.15, -0.1) is 11.3 Å². The molecule has 0 radical (unpaired) electrons. The molecule has 5 nitrogen and oxygen atoms in total. The van der Waals surface area contributed by atoms with Crippen LogP contribution in [0.15, 0.2) is 60.0 Å². The zero-order valence-corrected chi connectivity index (χ0v) is 17.8. The van der Waals surface area contributed by atoms with Gasteiger partial charge >= 0.3 is 0 Å². The molecule has 30 heavy (non-hydrogen) atoms. The molecule has 1 aliphatic heterocycles. The number of benzene rings is 2. The number of unbranched alkanes of at least 4 members (excludes halogenated alkanes) is 1. The lowest BCUT2D eigenvalue weighted by molar-refractivity contribution is -0.122. The van der Waals surface area contributed by atoms with Crippen LogP contribution < -0.4 is 10.2 Å². The minimum Gasteiger partial charge on any atom is -0.312 e. The predicted molar refractivity (Wildman–Crippen MR) is 122 cm³/mol. The Bertz CT molecular complexity index is 1010. The molecule has 0 saturated carbocycles. The van der Waals surface area contributed by atoms with Crippen molar-refractivity contribution >= 4 is 34.0 Å². The standard InChI is InChI=1S/C24H25N3O2S/c1-2-3-7-17-10-12-20(13-11-17)27-15-19(14-22(27)28)23(29)26-24-25-21(16-30-24)18-8-5-4-6-9-18/h4-6,8-13,16,19H,2-3,7,14-15H2,1H3,(H,25,26,29). The van der Waals surface area contributed by atoms with Gasteiger partial charge in [0.05, 0.1) is 11.6 Å². The van der Waals surface area contributed by atoms with Gasteiger partial charge in [-0.3, -0.25) is 9.59 Å². The lowest BCUT2D eigenvalue weighted by Crippen LogP contribution is -2.28. The maximum absolute atomic E-state index is 12.7. The van der Waals surface area contributed by atoms with Crippen molar-refractivity contribution in [3.05, 3.63) is 65.5 Å². The Morgan fingerprint density at radius 2 is 1.93 bits per heavy atom. The Hall–Kier alpha value is -2.99. The Balaban J connectivity index is 1.38. The second-order valence-electron chi connectivity index (χ2n) is 7.57. The van der Waals surface area contributed by atoms with Gasteiger partial charge in [0.25, 0.3) is 0 Å². The van der Waals surface area contributed by atoms with E-state index in [1.54, 1.807) is 4.90 Å². The van der Waals surface area contributed by atoms with Gasteiger partial charge in [0.15, 0.2) is 5.13 Å². The van der Waals surface area contributed by atoms with Gasteiger partial charge in [-0.05, 0) is 30.5 Å². The largest absolute Gasteiger partial charge is 0.312 e. The number of anilines is 2. The molecule has 3 aromatic rings. The fraction of sp³-hybridized carbons (Fsp3) is 0.292. The number of amides is 2. The van der Waals surface area contributed by atoms with Gasteiger partial charge in [0.2, 0.25) is 11.8 Å². The normalized spacial score (nSPS) is 16.1. The Kier molecular flexibility index (Phi) is 6.23. The maximum atomic E-state index is 12.7. The molecule has 1 saturated heterocycles. The van der Waals surface area contributed by atoms with Gasteiger partial charge in [-0.25, -0.2) is 4.98 Å². The topological polar surface area (TPSA) is 62.3 Å². The number of rotatable bonds is 7. The summed E-state index contributed by atoms with van der Waals surface area (Å²) in [4.78, 5) is 31.5. The number of hydrogen-bond acceptors (Lipinski definition) is 4. The van der Waals surface area contributed by atoms with Gasteiger partial charge < -0.3 is 10.2 Å².